The molecule has 1 N–H and O–H groups in total. The van der Waals surface area contributed by atoms with E-state index in [0.29, 0.717) is 5.82 Å². The minimum atomic E-state index is 0.678. The Bertz CT molecular complexity index is 654. The van der Waals surface area contributed by atoms with Crippen LogP contribution in [0.4, 0.5) is 0 Å². The van der Waals surface area contributed by atoms with E-state index in [1.807, 2.05) is 12.1 Å². The van der Waals surface area contributed by atoms with Crippen LogP contribution in [0.1, 0.15) is 17.8 Å². The Hall–Kier alpha value is -2.41. The second-order valence-electron chi connectivity index (χ2n) is 5.15. The van der Waals surface area contributed by atoms with Crippen molar-refractivity contribution in [3.8, 4) is 11.5 Å². The highest BCUT2D eigenvalue weighted by Crippen LogP contribution is 2.28. The number of rotatable bonds is 5. The SMILES string of the molecule is COc1ccc(CN2CCC=C(c3nn[nH]n3)C2)cc1OC. The summed E-state index contributed by atoms with van der Waals surface area (Å²) in [5.41, 5.74) is 2.30. The normalized spacial score (nSPS) is 15.5. The first-order valence-corrected chi connectivity index (χ1v) is 7.16. The monoisotopic (exact) mass is 301 g/mol. The summed E-state index contributed by atoms with van der Waals surface area (Å²) in [6.45, 7) is 2.67. The molecule has 0 atom stereocenters. The second kappa shape index (κ2) is 6.57. The average Bonchev–Trinajstić information content (AvgIpc) is 3.09. The Kier molecular flexibility index (Phi) is 4.34. The Balaban J connectivity index is 1.70. The second-order valence-corrected chi connectivity index (χ2v) is 5.15. The highest BCUT2D eigenvalue weighted by Gasteiger charge is 2.17. The molecule has 1 aliphatic heterocycles. The summed E-state index contributed by atoms with van der Waals surface area (Å²) in [7, 11) is 3.30. The molecule has 0 bridgehead atoms. The van der Waals surface area contributed by atoms with Crippen molar-refractivity contribution in [3.63, 3.8) is 0 Å². The number of hydrogen-bond acceptors (Lipinski definition) is 6. The number of aromatic amines is 1. The van der Waals surface area contributed by atoms with Gasteiger partial charge in [0, 0.05) is 25.2 Å². The van der Waals surface area contributed by atoms with Crippen LogP contribution in [-0.2, 0) is 6.54 Å². The number of ether oxygens (including phenoxy) is 2. The van der Waals surface area contributed by atoms with Crippen LogP contribution in [0.2, 0.25) is 0 Å². The van der Waals surface area contributed by atoms with Crippen LogP contribution >= 0.6 is 0 Å². The Labute approximate surface area is 128 Å². The number of hydrogen-bond donors (Lipinski definition) is 1. The van der Waals surface area contributed by atoms with Gasteiger partial charge < -0.3 is 9.47 Å². The van der Waals surface area contributed by atoms with Crippen molar-refractivity contribution in [2.45, 2.75) is 13.0 Å². The lowest BCUT2D eigenvalue weighted by molar-refractivity contribution is 0.294. The van der Waals surface area contributed by atoms with Crippen molar-refractivity contribution in [1.29, 1.82) is 0 Å². The zero-order valence-corrected chi connectivity index (χ0v) is 12.7. The van der Waals surface area contributed by atoms with Crippen LogP contribution in [0, 0.1) is 0 Å². The lowest BCUT2D eigenvalue weighted by atomic mass is 10.1. The molecule has 0 saturated carbocycles. The average molecular weight is 301 g/mol. The molecule has 0 aliphatic carbocycles. The first kappa shape index (κ1) is 14.5. The predicted octanol–water partition coefficient (Wildman–Crippen LogP) is 1.51. The lowest BCUT2D eigenvalue weighted by Crippen LogP contribution is -2.29. The van der Waals surface area contributed by atoms with Gasteiger partial charge in [-0.05, 0) is 29.3 Å². The third-order valence-electron chi connectivity index (χ3n) is 3.72. The highest BCUT2D eigenvalue weighted by molar-refractivity contribution is 5.61. The number of methoxy groups -OCH3 is 2. The van der Waals surface area contributed by atoms with E-state index in [-0.39, 0.29) is 0 Å². The summed E-state index contributed by atoms with van der Waals surface area (Å²) in [6, 6.07) is 6.02. The molecule has 0 radical (unpaired) electrons. The molecule has 2 aromatic rings. The van der Waals surface area contributed by atoms with Crippen molar-refractivity contribution >= 4 is 5.57 Å². The molecule has 0 spiro atoms. The van der Waals surface area contributed by atoms with E-state index in [9.17, 15) is 0 Å². The van der Waals surface area contributed by atoms with Gasteiger partial charge in [-0.1, -0.05) is 12.1 Å². The number of nitrogens with zero attached hydrogens (tertiary/aromatic N) is 4. The minimum absolute atomic E-state index is 0.678. The zero-order chi connectivity index (χ0) is 15.4. The molecule has 2 heterocycles. The van der Waals surface area contributed by atoms with Crippen LogP contribution in [-0.4, -0.2) is 52.8 Å². The zero-order valence-electron chi connectivity index (χ0n) is 12.7. The Morgan fingerprint density at radius 3 is 2.82 bits per heavy atom. The van der Waals surface area contributed by atoms with Crippen molar-refractivity contribution in [2.75, 3.05) is 27.3 Å². The van der Waals surface area contributed by atoms with Gasteiger partial charge in [0.2, 0.25) is 5.82 Å². The summed E-state index contributed by atoms with van der Waals surface area (Å²) in [5, 5.41) is 14.2. The molecule has 7 heteroatoms. The molecule has 3 rings (SSSR count). The maximum Gasteiger partial charge on any atom is 0.201 e. The first-order valence-electron chi connectivity index (χ1n) is 7.16. The lowest BCUT2D eigenvalue weighted by Gasteiger charge is -2.26. The summed E-state index contributed by atoms with van der Waals surface area (Å²) < 4.78 is 10.6. The van der Waals surface area contributed by atoms with E-state index < -0.39 is 0 Å². The first-order chi connectivity index (χ1) is 10.8. The minimum Gasteiger partial charge on any atom is -0.493 e. The fraction of sp³-hybridized carbons (Fsp3) is 0.400. The predicted molar refractivity (Wildman–Crippen MR) is 81.6 cm³/mol. The summed E-state index contributed by atoms with van der Waals surface area (Å²) in [4.78, 5) is 2.35. The van der Waals surface area contributed by atoms with Gasteiger partial charge in [-0.25, -0.2) is 0 Å². The van der Waals surface area contributed by atoms with E-state index in [1.54, 1.807) is 14.2 Å². The van der Waals surface area contributed by atoms with Crippen LogP contribution in [0.3, 0.4) is 0 Å². The van der Waals surface area contributed by atoms with Gasteiger partial charge in [-0.3, -0.25) is 4.90 Å². The smallest absolute Gasteiger partial charge is 0.201 e. The summed E-state index contributed by atoms with van der Waals surface area (Å²) in [6.07, 6.45) is 3.16. The maximum atomic E-state index is 5.36. The Morgan fingerprint density at radius 2 is 2.09 bits per heavy atom. The maximum absolute atomic E-state index is 5.36. The van der Waals surface area contributed by atoms with Gasteiger partial charge in [-0.15, -0.1) is 10.2 Å². The molecular formula is C15H19N5O2. The van der Waals surface area contributed by atoms with E-state index >= 15 is 0 Å². The molecule has 0 unspecified atom stereocenters. The third kappa shape index (κ3) is 3.09. The number of benzene rings is 1. The van der Waals surface area contributed by atoms with Gasteiger partial charge in [0.05, 0.1) is 14.2 Å². The summed E-state index contributed by atoms with van der Waals surface area (Å²) >= 11 is 0. The van der Waals surface area contributed by atoms with Gasteiger partial charge in [0.1, 0.15) is 0 Å². The molecule has 116 valence electrons. The largest absolute Gasteiger partial charge is 0.493 e. The van der Waals surface area contributed by atoms with Crippen molar-refractivity contribution in [1.82, 2.24) is 25.5 Å². The molecule has 0 amide bonds. The van der Waals surface area contributed by atoms with Gasteiger partial charge in [-0.2, -0.15) is 5.21 Å². The molecule has 1 aromatic heterocycles. The molecule has 7 nitrogen and oxygen atoms in total. The van der Waals surface area contributed by atoms with Crippen LogP contribution in [0.15, 0.2) is 24.3 Å². The standard InChI is InChI=1S/C15H19N5O2/c1-21-13-6-5-11(8-14(13)22-2)9-20-7-3-4-12(10-20)15-16-18-19-17-15/h4-6,8H,3,7,9-10H2,1-2H3,(H,16,17,18,19). The Morgan fingerprint density at radius 1 is 1.23 bits per heavy atom. The topological polar surface area (TPSA) is 76.2 Å². The number of nitrogens with one attached hydrogen (secondary N) is 1. The molecule has 1 aromatic carbocycles. The number of tetrazole rings is 1. The summed E-state index contributed by atoms with van der Waals surface area (Å²) in [5.74, 6) is 2.18. The van der Waals surface area contributed by atoms with Crippen LogP contribution in [0.5, 0.6) is 11.5 Å². The van der Waals surface area contributed by atoms with Gasteiger partial charge in [0.25, 0.3) is 0 Å². The van der Waals surface area contributed by atoms with Gasteiger partial charge in [0.15, 0.2) is 11.5 Å². The van der Waals surface area contributed by atoms with E-state index in [4.69, 9.17) is 9.47 Å². The van der Waals surface area contributed by atoms with E-state index in [0.717, 1.165) is 43.1 Å². The third-order valence-corrected chi connectivity index (χ3v) is 3.72. The van der Waals surface area contributed by atoms with Crippen LogP contribution < -0.4 is 9.47 Å². The van der Waals surface area contributed by atoms with Gasteiger partial charge >= 0.3 is 0 Å². The molecule has 0 saturated heterocycles. The highest BCUT2D eigenvalue weighted by atomic mass is 16.5. The number of H-pyrrole nitrogens is 1. The number of aromatic nitrogens is 4. The molecule has 0 fully saturated rings. The molecular weight excluding hydrogens is 282 g/mol. The van der Waals surface area contributed by atoms with Crippen molar-refractivity contribution in [2.24, 2.45) is 0 Å². The molecule has 22 heavy (non-hydrogen) atoms. The molecule has 1 aliphatic rings. The fourth-order valence-electron chi connectivity index (χ4n) is 2.64. The van der Waals surface area contributed by atoms with Crippen molar-refractivity contribution in [3.05, 3.63) is 35.7 Å². The van der Waals surface area contributed by atoms with Crippen LogP contribution in [0.25, 0.3) is 5.57 Å². The quantitative estimate of drug-likeness (QED) is 0.902. The van der Waals surface area contributed by atoms with Crippen molar-refractivity contribution < 1.29 is 9.47 Å². The van der Waals surface area contributed by atoms with E-state index in [1.165, 1.54) is 5.56 Å². The van der Waals surface area contributed by atoms with E-state index in [2.05, 4.69) is 37.7 Å². The fourth-order valence-corrected chi connectivity index (χ4v) is 2.64.